The first kappa shape index (κ1) is 14.1. The van der Waals surface area contributed by atoms with Crippen LogP contribution < -0.4 is 10.2 Å². The molecule has 2 rings (SSSR count). The second-order valence-corrected chi connectivity index (χ2v) is 5.02. The maximum Gasteiger partial charge on any atom is 0.255 e. The number of aromatic nitrogens is 1. The zero-order valence-electron chi connectivity index (χ0n) is 12.3. The van der Waals surface area contributed by atoms with E-state index in [1.165, 1.54) is 5.56 Å². The van der Waals surface area contributed by atoms with Gasteiger partial charge in [-0.2, -0.15) is 0 Å². The van der Waals surface area contributed by atoms with Crippen molar-refractivity contribution in [2.24, 2.45) is 0 Å². The van der Waals surface area contributed by atoms with Crippen LogP contribution in [0.4, 0.5) is 11.5 Å². The van der Waals surface area contributed by atoms with Crippen LogP contribution in [0.15, 0.2) is 36.5 Å². The number of pyridine rings is 1. The highest BCUT2D eigenvalue weighted by atomic mass is 16.1. The Morgan fingerprint density at radius 3 is 2.55 bits per heavy atom. The monoisotopic (exact) mass is 269 g/mol. The van der Waals surface area contributed by atoms with Crippen LogP contribution in [0.25, 0.3) is 0 Å². The summed E-state index contributed by atoms with van der Waals surface area (Å²) in [4.78, 5) is 18.4. The summed E-state index contributed by atoms with van der Waals surface area (Å²) in [7, 11) is 3.79. The Hall–Kier alpha value is -2.36. The van der Waals surface area contributed by atoms with Gasteiger partial charge < -0.3 is 10.2 Å². The largest absolute Gasteiger partial charge is 0.361 e. The van der Waals surface area contributed by atoms with Gasteiger partial charge in [0, 0.05) is 25.9 Å². The topological polar surface area (TPSA) is 45.2 Å². The van der Waals surface area contributed by atoms with Crippen molar-refractivity contribution in [1.29, 1.82) is 0 Å². The number of carbonyl (C=O) groups is 1. The number of nitrogens with one attached hydrogen (secondary N) is 1. The first-order valence-electron chi connectivity index (χ1n) is 6.50. The van der Waals surface area contributed by atoms with Crippen LogP contribution in [0.2, 0.25) is 0 Å². The van der Waals surface area contributed by atoms with E-state index in [4.69, 9.17) is 0 Å². The predicted octanol–water partition coefficient (Wildman–Crippen LogP) is 3.02. The summed E-state index contributed by atoms with van der Waals surface area (Å²) in [6.07, 6.45) is 1.71. The smallest absolute Gasteiger partial charge is 0.255 e. The van der Waals surface area contributed by atoms with Crippen LogP contribution >= 0.6 is 0 Å². The second-order valence-electron chi connectivity index (χ2n) is 5.02. The van der Waals surface area contributed by atoms with E-state index in [0.717, 1.165) is 11.4 Å². The number of rotatable bonds is 3. The molecule has 0 spiro atoms. The van der Waals surface area contributed by atoms with Gasteiger partial charge in [-0.1, -0.05) is 6.07 Å². The summed E-state index contributed by atoms with van der Waals surface area (Å²) in [6, 6.07) is 9.35. The van der Waals surface area contributed by atoms with Crippen molar-refractivity contribution < 1.29 is 4.79 Å². The second kappa shape index (κ2) is 5.74. The van der Waals surface area contributed by atoms with E-state index in [1.54, 1.807) is 6.20 Å². The van der Waals surface area contributed by atoms with E-state index >= 15 is 0 Å². The zero-order valence-corrected chi connectivity index (χ0v) is 12.3. The van der Waals surface area contributed by atoms with E-state index in [-0.39, 0.29) is 5.91 Å². The molecule has 1 heterocycles. The number of hydrogen-bond acceptors (Lipinski definition) is 3. The lowest BCUT2D eigenvalue weighted by molar-refractivity contribution is 0.102. The fourth-order valence-electron chi connectivity index (χ4n) is 1.93. The third kappa shape index (κ3) is 2.96. The lowest BCUT2D eigenvalue weighted by Crippen LogP contribution is -2.17. The molecule has 2 aromatic rings. The van der Waals surface area contributed by atoms with Crippen LogP contribution in [0, 0.1) is 13.8 Å². The third-order valence-electron chi connectivity index (χ3n) is 3.23. The molecule has 0 unspecified atom stereocenters. The summed E-state index contributed by atoms with van der Waals surface area (Å²) < 4.78 is 0. The maximum atomic E-state index is 12.3. The molecule has 1 aromatic carbocycles. The number of benzene rings is 1. The first-order valence-corrected chi connectivity index (χ1v) is 6.50. The molecule has 0 aliphatic heterocycles. The van der Waals surface area contributed by atoms with E-state index in [0.29, 0.717) is 11.3 Å². The molecule has 0 fully saturated rings. The molecule has 104 valence electrons. The molecule has 4 heteroatoms. The molecular formula is C16H19N3O. The fraction of sp³-hybridized carbons (Fsp3) is 0.250. The molecular weight excluding hydrogens is 250 g/mol. The van der Waals surface area contributed by atoms with E-state index in [2.05, 4.69) is 10.3 Å². The van der Waals surface area contributed by atoms with Crippen molar-refractivity contribution in [3.8, 4) is 0 Å². The van der Waals surface area contributed by atoms with Crippen molar-refractivity contribution in [3.05, 3.63) is 53.2 Å². The quantitative estimate of drug-likeness (QED) is 0.931. The predicted molar refractivity (Wildman–Crippen MR) is 82.4 cm³/mol. The highest BCUT2D eigenvalue weighted by molar-refractivity contribution is 6.05. The van der Waals surface area contributed by atoms with Gasteiger partial charge in [-0.15, -0.1) is 0 Å². The Balaban J connectivity index is 2.26. The summed E-state index contributed by atoms with van der Waals surface area (Å²) in [6.45, 7) is 4.03. The van der Waals surface area contributed by atoms with Crippen LogP contribution in [0.5, 0.6) is 0 Å². The van der Waals surface area contributed by atoms with Crippen LogP contribution in [0.1, 0.15) is 21.5 Å². The molecule has 1 aromatic heterocycles. The molecule has 0 saturated heterocycles. The highest BCUT2D eigenvalue weighted by Gasteiger charge is 2.11. The standard InChI is InChI=1S/C16H19N3O/c1-11-7-8-13(10-12(11)2)16(20)18-14-6-5-9-17-15(14)19(3)4/h5-10H,1-4H3,(H,18,20). The molecule has 0 atom stereocenters. The average molecular weight is 269 g/mol. The molecule has 0 radical (unpaired) electrons. The Labute approximate surface area is 119 Å². The van der Waals surface area contributed by atoms with Gasteiger partial charge in [0.05, 0.1) is 5.69 Å². The minimum atomic E-state index is -0.121. The summed E-state index contributed by atoms with van der Waals surface area (Å²) >= 11 is 0. The highest BCUT2D eigenvalue weighted by Crippen LogP contribution is 2.21. The van der Waals surface area contributed by atoms with Gasteiger partial charge in [-0.25, -0.2) is 4.98 Å². The molecule has 0 aliphatic rings. The number of aryl methyl sites for hydroxylation is 2. The summed E-state index contributed by atoms with van der Waals surface area (Å²) in [5, 5.41) is 2.91. The normalized spacial score (nSPS) is 10.2. The lowest BCUT2D eigenvalue weighted by Gasteiger charge is -2.16. The minimum absolute atomic E-state index is 0.121. The summed E-state index contributed by atoms with van der Waals surface area (Å²) in [5.41, 5.74) is 3.65. The summed E-state index contributed by atoms with van der Waals surface area (Å²) in [5.74, 6) is 0.619. The fourth-order valence-corrected chi connectivity index (χ4v) is 1.93. The van der Waals surface area contributed by atoms with Gasteiger partial charge >= 0.3 is 0 Å². The van der Waals surface area contributed by atoms with Gasteiger partial charge in [0.15, 0.2) is 5.82 Å². The Morgan fingerprint density at radius 2 is 1.90 bits per heavy atom. The first-order chi connectivity index (χ1) is 9.49. The number of anilines is 2. The molecule has 4 nitrogen and oxygen atoms in total. The van der Waals surface area contributed by atoms with Gasteiger partial charge in [0.25, 0.3) is 5.91 Å². The molecule has 1 amide bonds. The molecule has 1 N–H and O–H groups in total. The van der Waals surface area contributed by atoms with Crippen molar-refractivity contribution >= 4 is 17.4 Å². The van der Waals surface area contributed by atoms with Gasteiger partial charge in [-0.05, 0) is 49.2 Å². The lowest BCUT2D eigenvalue weighted by atomic mass is 10.1. The van der Waals surface area contributed by atoms with Gasteiger partial charge in [-0.3, -0.25) is 4.79 Å². The Kier molecular flexibility index (Phi) is 4.03. The number of amides is 1. The zero-order chi connectivity index (χ0) is 14.7. The number of nitrogens with zero attached hydrogens (tertiary/aromatic N) is 2. The Bertz CT molecular complexity index is 635. The van der Waals surface area contributed by atoms with Crippen LogP contribution in [0.3, 0.4) is 0 Å². The minimum Gasteiger partial charge on any atom is -0.361 e. The third-order valence-corrected chi connectivity index (χ3v) is 3.23. The Morgan fingerprint density at radius 1 is 1.15 bits per heavy atom. The molecule has 0 aliphatic carbocycles. The van der Waals surface area contributed by atoms with Crippen molar-refractivity contribution in [3.63, 3.8) is 0 Å². The number of hydrogen-bond donors (Lipinski definition) is 1. The van der Waals surface area contributed by atoms with Gasteiger partial charge in [0.2, 0.25) is 0 Å². The van der Waals surface area contributed by atoms with Crippen LogP contribution in [-0.4, -0.2) is 25.0 Å². The SMILES string of the molecule is Cc1ccc(C(=O)Nc2cccnc2N(C)C)cc1C. The van der Waals surface area contributed by atoms with Crippen molar-refractivity contribution in [2.75, 3.05) is 24.3 Å². The van der Waals surface area contributed by atoms with E-state index in [1.807, 2.05) is 63.2 Å². The van der Waals surface area contributed by atoms with Gasteiger partial charge in [0.1, 0.15) is 0 Å². The maximum absolute atomic E-state index is 12.3. The molecule has 0 bridgehead atoms. The van der Waals surface area contributed by atoms with E-state index in [9.17, 15) is 4.79 Å². The number of carbonyl (C=O) groups excluding carboxylic acids is 1. The molecule has 0 saturated carbocycles. The van der Waals surface area contributed by atoms with Crippen LogP contribution in [-0.2, 0) is 0 Å². The van der Waals surface area contributed by atoms with Crippen molar-refractivity contribution in [1.82, 2.24) is 4.98 Å². The average Bonchev–Trinajstić information content (AvgIpc) is 2.42. The van der Waals surface area contributed by atoms with Crippen molar-refractivity contribution in [2.45, 2.75) is 13.8 Å². The van der Waals surface area contributed by atoms with E-state index < -0.39 is 0 Å². The molecule has 20 heavy (non-hydrogen) atoms.